The van der Waals surface area contributed by atoms with Crippen LogP contribution in [-0.4, -0.2) is 108 Å². The molecule has 2 aliphatic carbocycles. The highest BCUT2D eigenvalue weighted by Gasteiger charge is 2.33. The Kier molecular flexibility index (Phi) is 10.6. The molecule has 2 aromatic heterocycles. The first-order valence-corrected chi connectivity index (χ1v) is 17.7. The Bertz CT molecular complexity index is 1870. The van der Waals surface area contributed by atoms with E-state index in [-0.39, 0.29) is 25.3 Å². The predicted octanol–water partition coefficient (Wildman–Crippen LogP) is 5.49. The molecule has 49 heavy (non-hydrogen) atoms. The zero-order valence-electron chi connectivity index (χ0n) is 27.7. The van der Waals surface area contributed by atoms with E-state index in [1.54, 1.807) is 0 Å². The number of rotatable bonds is 4. The number of pyridine rings is 2. The number of aromatic nitrogens is 2. The topological polar surface area (TPSA) is 88.0 Å². The van der Waals surface area contributed by atoms with Crippen molar-refractivity contribution in [1.82, 2.24) is 30.0 Å². The van der Waals surface area contributed by atoms with Crippen molar-refractivity contribution in [3.8, 4) is 0 Å². The van der Waals surface area contributed by atoms with Crippen LogP contribution in [0.3, 0.4) is 0 Å². The molecular formula is C39H42Cl2N6O2. The lowest BCUT2D eigenvalue weighted by Crippen LogP contribution is -2.46. The maximum atomic E-state index is 9.94. The molecule has 4 heterocycles. The first-order valence-electron chi connectivity index (χ1n) is 16.9. The molecule has 2 aromatic carbocycles. The van der Waals surface area contributed by atoms with Crippen LogP contribution in [0.2, 0.25) is 10.0 Å². The zero-order valence-corrected chi connectivity index (χ0v) is 29.2. The van der Waals surface area contributed by atoms with Gasteiger partial charge in [0, 0.05) is 85.9 Å². The van der Waals surface area contributed by atoms with Crippen molar-refractivity contribution in [1.29, 1.82) is 0 Å². The van der Waals surface area contributed by atoms with Gasteiger partial charge in [-0.25, -0.2) is 0 Å². The van der Waals surface area contributed by atoms with Gasteiger partial charge in [-0.3, -0.25) is 19.8 Å². The van der Waals surface area contributed by atoms with Gasteiger partial charge in [0.05, 0.1) is 36.7 Å². The summed E-state index contributed by atoms with van der Waals surface area (Å²) in [7, 11) is 2.16. The SMILES string of the molecule is CN1CCN(C2c3ccc(Cl)cc3C=C(CO)c3cccnc32)CC1.OCC1=Cc2cc(Cl)ccc2C(N2CCNCC2)c2ncccc21. The van der Waals surface area contributed by atoms with Gasteiger partial charge < -0.3 is 20.4 Å². The highest BCUT2D eigenvalue weighted by atomic mass is 35.5. The zero-order chi connectivity index (χ0) is 33.9. The molecular weight excluding hydrogens is 655 g/mol. The number of fused-ring (bicyclic) bond motifs is 4. The highest BCUT2D eigenvalue weighted by Crippen LogP contribution is 2.41. The van der Waals surface area contributed by atoms with E-state index in [9.17, 15) is 10.2 Å². The summed E-state index contributed by atoms with van der Waals surface area (Å²) in [4.78, 5) is 16.8. The molecule has 2 unspecified atom stereocenters. The molecule has 0 spiro atoms. The average Bonchev–Trinajstić information content (AvgIpc) is 3.36. The van der Waals surface area contributed by atoms with Crippen LogP contribution in [-0.2, 0) is 0 Å². The summed E-state index contributed by atoms with van der Waals surface area (Å²) in [5, 5.41) is 24.7. The van der Waals surface area contributed by atoms with Crippen LogP contribution >= 0.6 is 23.2 Å². The van der Waals surface area contributed by atoms with Gasteiger partial charge in [-0.2, -0.15) is 0 Å². The van der Waals surface area contributed by atoms with Crippen LogP contribution in [0.1, 0.15) is 56.9 Å². The second kappa shape index (κ2) is 15.2. The van der Waals surface area contributed by atoms with Crippen LogP contribution in [0.4, 0.5) is 0 Å². The third kappa shape index (κ3) is 7.11. The number of hydrogen-bond acceptors (Lipinski definition) is 8. The van der Waals surface area contributed by atoms with E-state index in [1.807, 2.05) is 60.9 Å². The smallest absolute Gasteiger partial charge is 0.0789 e. The van der Waals surface area contributed by atoms with Crippen LogP contribution in [0.15, 0.2) is 73.1 Å². The van der Waals surface area contributed by atoms with Crippen molar-refractivity contribution < 1.29 is 10.2 Å². The van der Waals surface area contributed by atoms with Crippen molar-refractivity contribution in [3.63, 3.8) is 0 Å². The number of benzene rings is 2. The number of nitrogens with zero attached hydrogens (tertiary/aromatic N) is 5. The minimum Gasteiger partial charge on any atom is -0.392 e. The van der Waals surface area contributed by atoms with Gasteiger partial charge >= 0.3 is 0 Å². The largest absolute Gasteiger partial charge is 0.392 e. The van der Waals surface area contributed by atoms with Gasteiger partial charge in [0.2, 0.25) is 0 Å². The first-order chi connectivity index (χ1) is 23.9. The number of aliphatic hydroxyl groups is 2. The van der Waals surface area contributed by atoms with Crippen molar-refractivity contribution in [2.45, 2.75) is 12.1 Å². The molecule has 2 atom stereocenters. The average molecular weight is 698 g/mol. The molecule has 3 N–H and O–H groups in total. The summed E-state index contributed by atoms with van der Waals surface area (Å²) in [6, 6.07) is 20.2. The number of piperazine rings is 2. The van der Waals surface area contributed by atoms with E-state index in [2.05, 4.69) is 51.3 Å². The lowest BCUT2D eigenvalue weighted by molar-refractivity contribution is 0.125. The molecule has 0 amide bonds. The Labute approximate surface area is 298 Å². The van der Waals surface area contributed by atoms with E-state index >= 15 is 0 Å². The van der Waals surface area contributed by atoms with Crippen LogP contribution < -0.4 is 5.32 Å². The van der Waals surface area contributed by atoms with Crippen molar-refractivity contribution in [3.05, 3.63) is 128 Å². The highest BCUT2D eigenvalue weighted by molar-refractivity contribution is 6.31. The summed E-state index contributed by atoms with van der Waals surface area (Å²) in [6.07, 6.45) is 7.78. The Morgan fingerprint density at radius 3 is 1.61 bits per heavy atom. The molecule has 0 radical (unpaired) electrons. The number of hydrogen-bond donors (Lipinski definition) is 3. The van der Waals surface area contributed by atoms with Gasteiger partial charge in [0.25, 0.3) is 0 Å². The molecule has 2 saturated heterocycles. The summed E-state index contributed by atoms with van der Waals surface area (Å²) in [5.41, 5.74) is 10.4. The predicted molar refractivity (Wildman–Crippen MR) is 198 cm³/mol. The molecule has 0 saturated carbocycles. The van der Waals surface area contributed by atoms with Crippen LogP contribution in [0, 0.1) is 0 Å². The summed E-state index contributed by atoms with van der Waals surface area (Å²) in [6.45, 7) is 7.93. The lowest BCUT2D eigenvalue weighted by Gasteiger charge is -2.38. The van der Waals surface area contributed by atoms with Crippen LogP contribution in [0.25, 0.3) is 23.3 Å². The fourth-order valence-corrected chi connectivity index (χ4v) is 7.86. The van der Waals surface area contributed by atoms with E-state index in [1.165, 1.54) is 11.1 Å². The third-order valence-corrected chi connectivity index (χ3v) is 10.5. The monoisotopic (exact) mass is 696 g/mol. The van der Waals surface area contributed by atoms with E-state index < -0.39 is 0 Å². The maximum absolute atomic E-state index is 9.94. The molecule has 2 aliphatic heterocycles. The normalized spacial score (nSPS) is 21.0. The molecule has 4 aromatic rings. The third-order valence-electron chi connectivity index (χ3n) is 9.99. The summed E-state index contributed by atoms with van der Waals surface area (Å²) >= 11 is 12.5. The summed E-state index contributed by atoms with van der Waals surface area (Å²) < 4.78 is 0. The van der Waals surface area contributed by atoms with Gasteiger partial charge in [-0.05, 0) is 89.0 Å². The Morgan fingerprint density at radius 2 is 1.14 bits per heavy atom. The molecule has 10 heteroatoms. The van der Waals surface area contributed by atoms with E-state index in [0.29, 0.717) is 10.0 Å². The second-order valence-electron chi connectivity index (χ2n) is 13.0. The molecule has 0 bridgehead atoms. The molecule has 2 fully saturated rings. The standard InChI is InChI=1S/C20H22ClN3O.C19H20ClN3O/c1-23-7-9-24(10-8-23)20-18-5-4-16(21)12-14(18)11-15(13-25)17-3-2-6-22-19(17)20;20-15-3-4-17-13(11-15)10-14(12-24)16-2-1-5-22-18(16)19(17)23-8-6-21-7-9-23/h2-6,11-12,20,25H,7-10,13H2,1H3;1-5,10-11,19,21,24H,6-9,12H2. The summed E-state index contributed by atoms with van der Waals surface area (Å²) in [5.74, 6) is 0. The first kappa shape index (κ1) is 34.0. The van der Waals surface area contributed by atoms with Crippen molar-refractivity contribution >= 4 is 46.5 Å². The number of likely N-dealkylation sites (N-methyl/N-ethyl adjacent to an activating group) is 1. The quantitative estimate of drug-likeness (QED) is 0.258. The second-order valence-corrected chi connectivity index (χ2v) is 13.9. The molecule has 8 rings (SSSR count). The van der Waals surface area contributed by atoms with Gasteiger partial charge in [-0.1, -0.05) is 47.5 Å². The van der Waals surface area contributed by atoms with Crippen molar-refractivity contribution in [2.75, 3.05) is 72.6 Å². The van der Waals surface area contributed by atoms with Gasteiger partial charge in [-0.15, -0.1) is 0 Å². The van der Waals surface area contributed by atoms with E-state index in [4.69, 9.17) is 33.2 Å². The van der Waals surface area contributed by atoms with Crippen LogP contribution in [0.5, 0.6) is 0 Å². The number of aliphatic hydroxyl groups excluding tert-OH is 2. The lowest BCUT2D eigenvalue weighted by atomic mass is 9.95. The Morgan fingerprint density at radius 1 is 0.673 bits per heavy atom. The minimum atomic E-state index is -0.0150. The van der Waals surface area contributed by atoms with Gasteiger partial charge in [0.1, 0.15) is 0 Å². The number of halogens is 2. The Balaban J connectivity index is 0.000000154. The van der Waals surface area contributed by atoms with Gasteiger partial charge in [0.15, 0.2) is 0 Å². The van der Waals surface area contributed by atoms with Crippen molar-refractivity contribution in [2.24, 2.45) is 0 Å². The minimum absolute atomic E-state index is 0.0138. The fraction of sp³-hybridized carbons (Fsp3) is 0.333. The Hall–Kier alpha value is -3.44. The number of nitrogens with one attached hydrogen (secondary N) is 1. The molecule has 4 aliphatic rings. The molecule has 254 valence electrons. The fourth-order valence-electron chi connectivity index (χ4n) is 7.50. The van der Waals surface area contributed by atoms with E-state index in [0.717, 1.165) is 97.1 Å². The maximum Gasteiger partial charge on any atom is 0.0789 e. The molecule has 8 nitrogen and oxygen atoms in total.